The maximum absolute atomic E-state index is 11.9. The number of nitrogens with zero attached hydrogens (tertiary/aromatic N) is 1. The van der Waals surface area contributed by atoms with Gasteiger partial charge in [0.05, 0.1) is 0 Å². The number of rotatable bonds is 6. The fourth-order valence-corrected chi connectivity index (χ4v) is 2.53. The Balaban J connectivity index is 2.25. The first-order valence-electron chi connectivity index (χ1n) is 7.23. The standard InChI is InChI=1S/C14H28N2O/c1-3-13(15-2)9-8-12-16-11-7-5-4-6-10-14(16)17/h13,15H,3-12H2,1-2H3. The molecule has 0 bridgehead atoms. The Labute approximate surface area is 106 Å². The van der Waals surface area contributed by atoms with E-state index in [9.17, 15) is 4.79 Å². The van der Waals surface area contributed by atoms with E-state index in [1.807, 2.05) is 7.05 Å². The van der Waals surface area contributed by atoms with Gasteiger partial charge < -0.3 is 10.2 Å². The minimum absolute atomic E-state index is 0.377. The van der Waals surface area contributed by atoms with E-state index in [0.29, 0.717) is 11.9 Å². The van der Waals surface area contributed by atoms with Crippen molar-refractivity contribution < 1.29 is 4.79 Å². The van der Waals surface area contributed by atoms with Crippen molar-refractivity contribution in [3.8, 4) is 0 Å². The summed E-state index contributed by atoms with van der Waals surface area (Å²) >= 11 is 0. The van der Waals surface area contributed by atoms with E-state index in [2.05, 4.69) is 17.1 Å². The van der Waals surface area contributed by atoms with Gasteiger partial charge >= 0.3 is 0 Å². The molecule has 0 aromatic carbocycles. The topological polar surface area (TPSA) is 32.3 Å². The quantitative estimate of drug-likeness (QED) is 0.774. The molecule has 1 fully saturated rings. The van der Waals surface area contributed by atoms with Crippen molar-refractivity contribution in [3.05, 3.63) is 0 Å². The summed E-state index contributed by atoms with van der Waals surface area (Å²) in [6.07, 6.45) is 9.04. The zero-order chi connectivity index (χ0) is 12.5. The van der Waals surface area contributed by atoms with Crippen LogP contribution in [-0.4, -0.2) is 37.0 Å². The summed E-state index contributed by atoms with van der Waals surface area (Å²) in [5.74, 6) is 0.377. The lowest BCUT2D eigenvalue weighted by molar-refractivity contribution is -0.131. The van der Waals surface area contributed by atoms with Crippen LogP contribution in [0.1, 0.15) is 58.3 Å². The highest BCUT2D eigenvalue weighted by atomic mass is 16.2. The molecule has 0 spiro atoms. The third-order valence-corrected chi connectivity index (χ3v) is 3.80. The Morgan fingerprint density at radius 1 is 1.29 bits per heavy atom. The zero-order valence-electron chi connectivity index (χ0n) is 11.5. The highest BCUT2D eigenvalue weighted by molar-refractivity contribution is 5.76. The van der Waals surface area contributed by atoms with Crippen LogP contribution in [0, 0.1) is 0 Å². The molecule has 1 heterocycles. The Hall–Kier alpha value is -0.570. The van der Waals surface area contributed by atoms with Crippen LogP contribution in [0.2, 0.25) is 0 Å². The number of carbonyl (C=O) groups excluding carboxylic acids is 1. The molecule has 100 valence electrons. The second-order valence-corrected chi connectivity index (χ2v) is 5.08. The molecule has 0 saturated carbocycles. The Morgan fingerprint density at radius 2 is 2.06 bits per heavy atom. The van der Waals surface area contributed by atoms with Gasteiger partial charge in [0, 0.05) is 25.6 Å². The number of hydrogen-bond acceptors (Lipinski definition) is 2. The lowest BCUT2D eigenvalue weighted by atomic mass is 10.1. The van der Waals surface area contributed by atoms with Crippen LogP contribution in [0.3, 0.4) is 0 Å². The highest BCUT2D eigenvalue weighted by Crippen LogP contribution is 2.13. The SMILES string of the molecule is CCC(CCCN1CCCCCCC1=O)NC. The van der Waals surface area contributed by atoms with Gasteiger partial charge in [-0.05, 0) is 39.2 Å². The first kappa shape index (κ1) is 14.5. The van der Waals surface area contributed by atoms with Gasteiger partial charge in [-0.3, -0.25) is 4.79 Å². The van der Waals surface area contributed by atoms with Crippen molar-refractivity contribution in [2.45, 2.75) is 64.3 Å². The maximum atomic E-state index is 11.9. The third-order valence-electron chi connectivity index (χ3n) is 3.80. The molecule has 17 heavy (non-hydrogen) atoms. The van der Waals surface area contributed by atoms with Crippen LogP contribution >= 0.6 is 0 Å². The second-order valence-electron chi connectivity index (χ2n) is 5.08. The lowest BCUT2D eigenvalue weighted by Crippen LogP contribution is -2.34. The summed E-state index contributed by atoms with van der Waals surface area (Å²) in [7, 11) is 2.02. The molecule has 0 aromatic heterocycles. The van der Waals surface area contributed by atoms with E-state index in [0.717, 1.165) is 32.4 Å². The van der Waals surface area contributed by atoms with E-state index < -0.39 is 0 Å². The highest BCUT2D eigenvalue weighted by Gasteiger charge is 2.15. The number of nitrogens with one attached hydrogen (secondary N) is 1. The molecular weight excluding hydrogens is 212 g/mol. The van der Waals surface area contributed by atoms with E-state index in [-0.39, 0.29) is 0 Å². The van der Waals surface area contributed by atoms with E-state index >= 15 is 0 Å². The van der Waals surface area contributed by atoms with Gasteiger partial charge in [0.1, 0.15) is 0 Å². The van der Waals surface area contributed by atoms with Crippen molar-refractivity contribution in [1.82, 2.24) is 10.2 Å². The molecule has 0 aromatic rings. The van der Waals surface area contributed by atoms with Gasteiger partial charge in [-0.15, -0.1) is 0 Å². The predicted octanol–water partition coefficient (Wildman–Crippen LogP) is 2.56. The van der Waals surface area contributed by atoms with Gasteiger partial charge in [-0.1, -0.05) is 19.8 Å². The Kier molecular flexibility index (Phi) is 7.25. The van der Waals surface area contributed by atoms with Crippen LogP contribution in [0.15, 0.2) is 0 Å². The molecule has 1 unspecified atom stereocenters. The molecule has 0 aliphatic carbocycles. The number of hydrogen-bond donors (Lipinski definition) is 1. The van der Waals surface area contributed by atoms with E-state index in [1.54, 1.807) is 0 Å². The van der Waals surface area contributed by atoms with Crippen molar-refractivity contribution in [3.63, 3.8) is 0 Å². The van der Waals surface area contributed by atoms with Gasteiger partial charge in [-0.25, -0.2) is 0 Å². The fourth-order valence-electron chi connectivity index (χ4n) is 2.53. The van der Waals surface area contributed by atoms with Crippen LogP contribution < -0.4 is 5.32 Å². The molecule has 0 radical (unpaired) electrons. The number of amides is 1. The molecule has 1 aliphatic heterocycles. The zero-order valence-corrected chi connectivity index (χ0v) is 11.5. The van der Waals surface area contributed by atoms with Crippen molar-refractivity contribution in [2.75, 3.05) is 20.1 Å². The Morgan fingerprint density at radius 3 is 2.76 bits per heavy atom. The van der Waals surface area contributed by atoms with Crippen molar-refractivity contribution in [1.29, 1.82) is 0 Å². The van der Waals surface area contributed by atoms with Gasteiger partial charge in [0.2, 0.25) is 5.91 Å². The molecule has 1 amide bonds. The van der Waals surface area contributed by atoms with Crippen LogP contribution in [0.4, 0.5) is 0 Å². The summed E-state index contributed by atoms with van der Waals surface area (Å²) in [6.45, 7) is 4.15. The van der Waals surface area contributed by atoms with Crippen LogP contribution in [0.5, 0.6) is 0 Å². The largest absolute Gasteiger partial charge is 0.343 e. The maximum Gasteiger partial charge on any atom is 0.222 e. The molecule has 1 N–H and O–H groups in total. The number of carbonyl (C=O) groups is 1. The fraction of sp³-hybridized carbons (Fsp3) is 0.929. The van der Waals surface area contributed by atoms with Gasteiger partial charge in [0.15, 0.2) is 0 Å². The molecule has 1 saturated heterocycles. The van der Waals surface area contributed by atoms with Gasteiger partial charge in [-0.2, -0.15) is 0 Å². The third kappa shape index (κ3) is 5.53. The monoisotopic (exact) mass is 240 g/mol. The van der Waals surface area contributed by atoms with Crippen molar-refractivity contribution in [2.24, 2.45) is 0 Å². The Bertz CT molecular complexity index is 214. The summed E-state index contributed by atoms with van der Waals surface area (Å²) < 4.78 is 0. The normalized spacial score (nSPS) is 19.9. The van der Waals surface area contributed by atoms with E-state index in [1.165, 1.54) is 32.1 Å². The smallest absolute Gasteiger partial charge is 0.222 e. The summed E-state index contributed by atoms with van der Waals surface area (Å²) in [5, 5.41) is 3.32. The van der Waals surface area contributed by atoms with Gasteiger partial charge in [0.25, 0.3) is 0 Å². The summed E-state index contributed by atoms with van der Waals surface area (Å²) in [4.78, 5) is 14.0. The first-order chi connectivity index (χ1) is 8.27. The summed E-state index contributed by atoms with van der Waals surface area (Å²) in [5.41, 5.74) is 0. The average Bonchev–Trinajstić information content (AvgIpc) is 2.33. The molecule has 1 rings (SSSR count). The molecule has 1 aliphatic rings. The first-order valence-corrected chi connectivity index (χ1v) is 7.23. The van der Waals surface area contributed by atoms with Crippen LogP contribution in [0.25, 0.3) is 0 Å². The second kappa shape index (κ2) is 8.51. The van der Waals surface area contributed by atoms with Crippen molar-refractivity contribution >= 4 is 5.91 Å². The summed E-state index contributed by atoms with van der Waals surface area (Å²) in [6, 6.07) is 0.611. The average molecular weight is 240 g/mol. The number of likely N-dealkylation sites (tertiary alicyclic amines) is 1. The lowest BCUT2D eigenvalue weighted by Gasteiger charge is -2.25. The predicted molar refractivity (Wildman–Crippen MR) is 72.0 cm³/mol. The molecule has 3 nitrogen and oxygen atoms in total. The molecular formula is C14H28N2O. The van der Waals surface area contributed by atoms with E-state index in [4.69, 9.17) is 0 Å². The molecule has 3 heteroatoms. The minimum atomic E-state index is 0.377. The minimum Gasteiger partial charge on any atom is -0.343 e. The van der Waals surface area contributed by atoms with Crippen LogP contribution in [-0.2, 0) is 4.79 Å². The molecule has 1 atom stereocenters.